The van der Waals surface area contributed by atoms with E-state index >= 15 is 0 Å². The fourth-order valence-corrected chi connectivity index (χ4v) is 4.08. The molecule has 0 aromatic heterocycles. The first kappa shape index (κ1) is 34.0. The Morgan fingerprint density at radius 1 is 0.881 bits per heavy atom. The van der Waals surface area contributed by atoms with Crippen LogP contribution in [0.2, 0.25) is 0 Å². The average molecular weight is 597 g/mol. The molecule has 2 N–H and O–H groups in total. The normalized spacial score (nSPS) is 22.9. The minimum atomic E-state index is -1.48. The summed E-state index contributed by atoms with van der Waals surface area (Å²) >= 11 is 0. The monoisotopic (exact) mass is 596 g/mol. The van der Waals surface area contributed by atoms with Gasteiger partial charge >= 0.3 is 30.0 Å². The molecule has 0 saturated carbocycles. The maximum atomic E-state index is 12.6. The SMILES string of the molecule is COC(=O)[C@@H](NC(=O)OCc1ccccc1)[C@@H](C)O[C@@H]1O[C@H](COC(C)=O)[C@@H](OC(C)=O)[C@H](OC(C)=O)[C@H]1NC(C)=O. The summed E-state index contributed by atoms with van der Waals surface area (Å²) in [6.45, 7) is 5.42. The lowest BCUT2D eigenvalue weighted by atomic mass is 9.95. The van der Waals surface area contributed by atoms with E-state index in [-0.39, 0.29) is 6.61 Å². The van der Waals surface area contributed by atoms with Crippen LogP contribution in [0.4, 0.5) is 4.79 Å². The van der Waals surface area contributed by atoms with Gasteiger partial charge in [-0.25, -0.2) is 9.59 Å². The van der Waals surface area contributed by atoms with Gasteiger partial charge in [0.15, 0.2) is 24.5 Å². The van der Waals surface area contributed by atoms with Gasteiger partial charge in [0.2, 0.25) is 5.91 Å². The Balaban J connectivity index is 2.34. The smallest absolute Gasteiger partial charge is 0.408 e. The van der Waals surface area contributed by atoms with Crippen LogP contribution >= 0.6 is 0 Å². The van der Waals surface area contributed by atoms with Gasteiger partial charge in [-0.15, -0.1) is 0 Å². The number of hydrogen-bond acceptors (Lipinski definition) is 13. The molecule has 2 rings (SSSR count). The van der Waals surface area contributed by atoms with Gasteiger partial charge in [-0.05, 0) is 12.5 Å². The van der Waals surface area contributed by atoms with Crippen LogP contribution < -0.4 is 10.6 Å². The molecule has 1 saturated heterocycles. The fourth-order valence-electron chi connectivity index (χ4n) is 4.08. The van der Waals surface area contributed by atoms with E-state index in [1.54, 1.807) is 30.3 Å². The first-order valence-electron chi connectivity index (χ1n) is 12.9. The molecule has 1 fully saturated rings. The van der Waals surface area contributed by atoms with Crippen molar-refractivity contribution in [2.75, 3.05) is 13.7 Å². The Hall–Kier alpha value is -4.24. The first-order valence-corrected chi connectivity index (χ1v) is 12.9. The Morgan fingerprint density at radius 2 is 1.50 bits per heavy atom. The summed E-state index contributed by atoms with van der Waals surface area (Å²) in [7, 11) is 1.10. The molecule has 1 aliphatic heterocycles. The molecule has 15 heteroatoms. The summed E-state index contributed by atoms with van der Waals surface area (Å²) in [4.78, 5) is 72.8. The van der Waals surface area contributed by atoms with E-state index in [0.29, 0.717) is 5.56 Å². The van der Waals surface area contributed by atoms with E-state index in [1.165, 1.54) is 13.8 Å². The maximum absolute atomic E-state index is 12.6. The number of alkyl carbamates (subject to hydrolysis) is 1. The molecular weight excluding hydrogens is 560 g/mol. The highest BCUT2D eigenvalue weighted by molar-refractivity contribution is 5.82. The number of carbonyl (C=O) groups is 6. The van der Waals surface area contributed by atoms with E-state index in [4.69, 9.17) is 33.2 Å². The predicted octanol–water partition coefficient (Wildman–Crippen LogP) is 0.516. The number of methoxy groups -OCH3 is 1. The zero-order chi connectivity index (χ0) is 31.4. The second-order valence-electron chi connectivity index (χ2n) is 9.27. The van der Waals surface area contributed by atoms with Crippen molar-refractivity contribution in [1.82, 2.24) is 10.6 Å². The zero-order valence-electron chi connectivity index (χ0n) is 24.1. The second-order valence-corrected chi connectivity index (χ2v) is 9.27. The third-order valence-corrected chi connectivity index (χ3v) is 5.83. The number of carbonyl (C=O) groups excluding carboxylic acids is 6. The zero-order valence-corrected chi connectivity index (χ0v) is 24.1. The number of hydrogen-bond donors (Lipinski definition) is 2. The van der Waals surface area contributed by atoms with Crippen molar-refractivity contribution in [1.29, 1.82) is 0 Å². The van der Waals surface area contributed by atoms with Gasteiger partial charge in [0.1, 0.15) is 25.4 Å². The van der Waals surface area contributed by atoms with Crippen molar-refractivity contribution < 1.29 is 61.9 Å². The van der Waals surface area contributed by atoms with Crippen LogP contribution in [0.5, 0.6) is 0 Å². The Morgan fingerprint density at radius 3 is 2.05 bits per heavy atom. The van der Waals surface area contributed by atoms with Gasteiger partial charge < -0.3 is 43.8 Å². The van der Waals surface area contributed by atoms with Crippen molar-refractivity contribution in [3.05, 3.63) is 35.9 Å². The van der Waals surface area contributed by atoms with Crippen LogP contribution in [0.1, 0.15) is 40.2 Å². The molecule has 0 unspecified atom stereocenters. The number of esters is 4. The maximum Gasteiger partial charge on any atom is 0.408 e. The molecule has 1 aliphatic rings. The molecule has 7 atom stereocenters. The van der Waals surface area contributed by atoms with Gasteiger partial charge in [0, 0.05) is 27.7 Å². The van der Waals surface area contributed by atoms with Gasteiger partial charge in [-0.1, -0.05) is 30.3 Å². The molecule has 1 aromatic carbocycles. The highest BCUT2D eigenvalue weighted by atomic mass is 16.7. The van der Waals surface area contributed by atoms with Gasteiger partial charge in [-0.2, -0.15) is 0 Å². The lowest BCUT2D eigenvalue weighted by Crippen LogP contribution is -2.67. The Kier molecular flexibility index (Phi) is 13.2. The summed E-state index contributed by atoms with van der Waals surface area (Å²) in [5.41, 5.74) is 0.706. The van der Waals surface area contributed by atoms with Crippen LogP contribution in [0.3, 0.4) is 0 Å². The number of nitrogens with one attached hydrogen (secondary N) is 2. The average Bonchev–Trinajstić information content (AvgIpc) is 2.92. The van der Waals surface area contributed by atoms with E-state index in [9.17, 15) is 28.8 Å². The minimum Gasteiger partial charge on any atom is -0.467 e. The second kappa shape index (κ2) is 16.3. The number of rotatable bonds is 12. The molecule has 1 aromatic rings. The first-order chi connectivity index (χ1) is 19.8. The molecule has 0 aliphatic carbocycles. The lowest BCUT2D eigenvalue weighted by Gasteiger charge is -2.45. The van der Waals surface area contributed by atoms with Crippen LogP contribution in [-0.4, -0.2) is 92.4 Å². The van der Waals surface area contributed by atoms with Gasteiger partial charge in [-0.3, -0.25) is 19.2 Å². The number of amides is 2. The summed E-state index contributed by atoms with van der Waals surface area (Å²) < 4.78 is 37.7. The standard InChI is InChI=1S/C27H36N2O13/c1-14(21(25(34)36-6)29-27(35)38-12-19-10-8-7-9-11-19)39-26-22(28-15(2)30)24(41-18(5)33)23(40-17(4)32)20(42-26)13-37-16(3)31/h7-11,14,20-24,26H,12-13H2,1-6H3,(H,28,30)(H,29,35)/t14-,20-,21+,22-,23-,24-,26-/m1/s1. The lowest BCUT2D eigenvalue weighted by molar-refractivity contribution is -0.287. The van der Waals surface area contributed by atoms with Crippen LogP contribution in [-0.2, 0) is 63.7 Å². The van der Waals surface area contributed by atoms with Crippen LogP contribution in [0.25, 0.3) is 0 Å². The molecule has 15 nitrogen and oxygen atoms in total. The summed E-state index contributed by atoms with van der Waals surface area (Å²) in [6.07, 6.45) is -7.56. The largest absolute Gasteiger partial charge is 0.467 e. The van der Waals surface area contributed by atoms with Gasteiger partial charge in [0.05, 0.1) is 13.2 Å². The predicted molar refractivity (Wildman–Crippen MR) is 140 cm³/mol. The number of benzene rings is 1. The van der Waals surface area contributed by atoms with E-state index in [2.05, 4.69) is 10.6 Å². The van der Waals surface area contributed by atoms with Crippen molar-refractivity contribution in [3.63, 3.8) is 0 Å². The van der Waals surface area contributed by atoms with Gasteiger partial charge in [0.25, 0.3) is 0 Å². The topological polar surface area (TPSA) is 191 Å². The van der Waals surface area contributed by atoms with Crippen molar-refractivity contribution in [2.45, 2.75) is 84.0 Å². The number of ether oxygens (including phenoxy) is 7. The molecule has 0 spiro atoms. The summed E-state index contributed by atoms with van der Waals surface area (Å²) in [6, 6.07) is 6.11. The van der Waals surface area contributed by atoms with Crippen LogP contribution in [0, 0.1) is 0 Å². The van der Waals surface area contributed by atoms with Crippen molar-refractivity contribution >= 4 is 35.9 Å². The highest BCUT2D eigenvalue weighted by Crippen LogP contribution is 2.29. The Labute approximate surface area is 242 Å². The molecular formula is C27H36N2O13. The quantitative estimate of drug-likeness (QED) is 0.251. The molecule has 1 heterocycles. The van der Waals surface area contributed by atoms with E-state index in [0.717, 1.165) is 27.9 Å². The third kappa shape index (κ3) is 10.6. The van der Waals surface area contributed by atoms with E-state index in [1.807, 2.05) is 0 Å². The van der Waals surface area contributed by atoms with Crippen molar-refractivity contribution in [2.24, 2.45) is 0 Å². The fraction of sp³-hybridized carbons (Fsp3) is 0.556. The molecule has 0 radical (unpaired) electrons. The van der Waals surface area contributed by atoms with E-state index < -0.39 is 85.3 Å². The molecule has 2 amide bonds. The summed E-state index contributed by atoms with van der Waals surface area (Å²) in [5, 5.41) is 4.93. The molecule has 0 bridgehead atoms. The van der Waals surface area contributed by atoms with Crippen LogP contribution in [0.15, 0.2) is 30.3 Å². The highest BCUT2D eigenvalue weighted by Gasteiger charge is 2.52. The third-order valence-electron chi connectivity index (χ3n) is 5.83. The summed E-state index contributed by atoms with van der Waals surface area (Å²) in [5.74, 6) is -3.72. The minimum absolute atomic E-state index is 0.0778. The Bertz CT molecular complexity index is 1110. The molecule has 232 valence electrons. The molecule has 42 heavy (non-hydrogen) atoms. The van der Waals surface area contributed by atoms with Crippen molar-refractivity contribution in [3.8, 4) is 0 Å².